The van der Waals surface area contributed by atoms with E-state index in [1.165, 1.54) is 0 Å². The molecule has 1 fully saturated rings. The second kappa shape index (κ2) is 5.93. The number of benzene rings is 1. The van der Waals surface area contributed by atoms with E-state index in [-0.39, 0.29) is 11.3 Å². The van der Waals surface area contributed by atoms with Gasteiger partial charge < -0.3 is 20.1 Å². The van der Waals surface area contributed by atoms with Gasteiger partial charge in [-0.2, -0.15) is 0 Å². The smallest absolute Gasteiger partial charge is 0.231 e. The van der Waals surface area contributed by atoms with Crippen LogP contribution in [0.25, 0.3) is 0 Å². The van der Waals surface area contributed by atoms with Gasteiger partial charge in [-0.1, -0.05) is 0 Å². The first-order chi connectivity index (χ1) is 10.2. The highest BCUT2D eigenvalue weighted by molar-refractivity contribution is 5.95. The van der Waals surface area contributed by atoms with Crippen LogP contribution in [0.5, 0.6) is 11.5 Å². The molecule has 2 N–H and O–H groups in total. The fourth-order valence-corrected chi connectivity index (χ4v) is 2.77. The molecule has 0 spiro atoms. The Morgan fingerprint density at radius 3 is 2.81 bits per heavy atom. The quantitative estimate of drug-likeness (QED) is 0.876. The van der Waals surface area contributed by atoms with E-state index in [4.69, 9.17) is 9.47 Å². The lowest BCUT2D eigenvalue weighted by Crippen LogP contribution is -2.46. The Hall–Kier alpha value is -1.75. The Labute approximate surface area is 125 Å². The van der Waals surface area contributed by atoms with Crippen molar-refractivity contribution in [1.29, 1.82) is 0 Å². The van der Waals surface area contributed by atoms with E-state index in [1.54, 1.807) is 0 Å². The number of anilines is 1. The molecule has 3 rings (SSSR count). The van der Waals surface area contributed by atoms with Crippen molar-refractivity contribution in [3.05, 3.63) is 18.2 Å². The molecular formula is C16H22N2O3. The number of piperidine rings is 1. The van der Waals surface area contributed by atoms with Crippen molar-refractivity contribution in [3.63, 3.8) is 0 Å². The average molecular weight is 290 g/mol. The highest BCUT2D eigenvalue weighted by Crippen LogP contribution is 2.33. The van der Waals surface area contributed by atoms with Crippen LogP contribution in [-0.2, 0) is 4.79 Å². The summed E-state index contributed by atoms with van der Waals surface area (Å²) in [6.07, 6.45) is 2.82. The lowest BCUT2D eigenvalue weighted by molar-refractivity contribution is -0.125. The van der Waals surface area contributed by atoms with E-state index >= 15 is 0 Å². The molecule has 2 aliphatic heterocycles. The third-order valence-electron chi connectivity index (χ3n) is 4.15. The third-order valence-corrected chi connectivity index (χ3v) is 4.15. The van der Waals surface area contributed by atoms with Gasteiger partial charge in [0.15, 0.2) is 11.5 Å². The number of carbonyl (C=O) groups is 1. The van der Waals surface area contributed by atoms with Crippen LogP contribution >= 0.6 is 0 Å². The molecule has 1 saturated heterocycles. The Morgan fingerprint density at radius 2 is 2.05 bits per heavy atom. The van der Waals surface area contributed by atoms with Gasteiger partial charge >= 0.3 is 0 Å². The molecule has 1 unspecified atom stereocenters. The standard InChI is InChI=1S/C16H22N2O3/c1-16(6-2-7-17-11-16)15(19)18-12-4-5-13-14(10-12)21-9-3-8-20-13/h4-5,10,17H,2-3,6-9,11H2,1H3,(H,18,19). The number of hydrogen-bond donors (Lipinski definition) is 2. The van der Waals surface area contributed by atoms with Gasteiger partial charge in [-0.3, -0.25) is 4.79 Å². The molecule has 21 heavy (non-hydrogen) atoms. The van der Waals surface area contributed by atoms with Gasteiger partial charge in [0.25, 0.3) is 0 Å². The summed E-state index contributed by atoms with van der Waals surface area (Å²) in [6.45, 7) is 5.04. The molecule has 114 valence electrons. The molecule has 5 nitrogen and oxygen atoms in total. The van der Waals surface area contributed by atoms with E-state index in [0.29, 0.717) is 19.0 Å². The van der Waals surface area contributed by atoms with Crippen molar-refractivity contribution in [3.8, 4) is 11.5 Å². The summed E-state index contributed by atoms with van der Waals surface area (Å²) in [5.74, 6) is 1.51. The molecule has 1 amide bonds. The van der Waals surface area contributed by atoms with Crippen LogP contribution in [0.1, 0.15) is 26.2 Å². The number of amides is 1. The Balaban J connectivity index is 1.72. The summed E-state index contributed by atoms with van der Waals surface area (Å²) >= 11 is 0. The van der Waals surface area contributed by atoms with Crippen LogP contribution in [0.15, 0.2) is 18.2 Å². The average Bonchev–Trinajstić information content (AvgIpc) is 2.73. The van der Waals surface area contributed by atoms with Crippen LogP contribution in [0.2, 0.25) is 0 Å². The Bertz CT molecular complexity index is 524. The van der Waals surface area contributed by atoms with E-state index in [2.05, 4.69) is 10.6 Å². The zero-order valence-electron chi connectivity index (χ0n) is 12.4. The summed E-state index contributed by atoms with van der Waals surface area (Å²) in [7, 11) is 0. The van der Waals surface area contributed by atoms with Crippen LogP contribution in [0.4, 0.5) is 5.69 Å². The number of nitrogens with one attached hydrogen (secondary N) is 2. The molecule has 1 aromatic carbocycles. The predicted molar refractivity (Wildman–Crippen MR) is 80.9 cm³/mol. The highest BCUT2D eigenvalue weighted by atomic mass is 16.5. The molecule has 0 saturated carbocycles. The maximum absolute atomic E-state index is 12.5. The van der Waals surface area contributed by atoms with Crippen molar-refractivity contribution in [2.45, 2.75) is 26.2 Å². The van der Waals surface area contributed by atoms with E-state index in [0.717, 1.165) is 43.8 Å². The number of hydrogen-bond acceptors (Lipinski definition) is 4. The molecule has 0 aromatic heterocycles. The minimum Gasteiger partial charge on any atom is -0.490 e. The fourth-order valence-electron chi connectivity index (χ4n) is 2.77. The zero-order chi connectivity index (χ0) is 14.7. The molecule has 5 heteroatoms. The molecule has 1 atom stereocenters. The second-order valence-electron chi connectivity index (χ2n) is 6.01. The number of rotatable bonds is 2. The minimum atomic E-state index is -0.345. The Morgan fingerprint density at radius 1 is 1.24 bits per heavy atom. The minimum absolute atomic E-state index is 0.0594. The SMILES string of the molecule is CC1(C(=O)Nc2ccc3c(c2)OCCCO3)CCCNC1. The van der Waals surface area contributed by atoms with Gasteiger partial charge in [0.2, 0.25) is 5.91 Å². The van der Waals surface area contributed by atoms with Crippen molar-refractivity contribution < 1.29 is 14.3 Å². The van der Waals surface area contributed by atoms with E-state index in [9.17, 15) is 4.79 Å². The summed E-state index contributed by atoms with van der Waals surface area (Å²) in [5, 5.41) is 6.30. The van der Waals surface area contributed by atoms with Crippen molar-refractivity contribution in [2.24, 2.45) is 5.41 Å². The number of carbonyl (C=O) groups excluding carboxylic acids is 1. The summed E-state index contributed by atoms with van der Waals surface area (Å²) < 4.78 is 11.2. The monoisotopic (exact) mass is 290 g/mol. The maximum atomic E-state index is 12.5. The highest BCUT2D eigenvalue weighted by Gasteiger charge is 2.34. The van der Waals surface area contributed by atoms with Crippen LogP contribution in [0, 0.1) is 5.41 Å². The van der Waals surface area contributed by atoms with Gasteiger partial charge in [0, 0.05) is 24.7 Å². The molecular weight excluding hydrogens is 268 g/mol. The molecule has 0 aliphatic carbocycles. The van der Waals surface area contributed by atoms with Crippen LogP contribution in [0.3, 0.4) is 0 Å². The first-order valence-corrected chi connectivity index (χ1v) is 7.59. The normalized spacial score (nSPS) is 25.0. The second-order valence-corrected chi connectivity index (χ2v) is 6.01. The van der Waals surface area contributed by atoms with Crippen LogP contribution < -0.4 is 20.1 Å². The topological polar surface area (TPSA) is 59.6 Å². The lowest BCUT2D eigenvalue weighted by atomic mass is 9.82. The van der Waals surface area contributed by atoms with Crippen molar-refractivity contribution >= 4 is 11.6 Å². The van der Waals surface area contributed by atoms with Gasteiger partial charge in [-0.05, 0) is 38.4 Å². The molecule has 0 radical (unpaired) electrons. The summed E-state index contributed by atoms with van der Waals surface area (Å²) in [5.41, 5.74) is 0.415. The summed E-state index contributed by atoms with van der Waals surface area (Å²) in [6, 6.07) is 5.57. The van der Waals surface area contributed by atoms with Crippen molar-refractivity contribution in [2.75, 3.05) is 31.6 Å². The molecule has 0 bridgehead atoms. The van der Waals surface area contributed by atoms with Gasteiger partial charge in [0.05, 0.1) is 18.6 Å². The maximum Gasteiger partial charge on any atom is 0.231 e. The van der Waals surface area contributed by atoms with Gasteiger partial charge in [-0.15, -0.1) is 0 Å². The number of ether oxygens (including phenoxy) is 2. The fraction of sp³-hybridized carbons (Fsp3) is 0.562. The van der Waals surface area contributed by atoms with E-state index in [1.807, 2.05) is 25.1 Å². The largest absolute Gasteiger partial charge is 0.490 e. The number of fused-ring (bicyclic) bond motifs is 1. The third kappa shape index (κ3) is 3.13. The molecule has 2 heterocycles. The van der Waals surface area contributed by atoms with Crippen molar-refractivity contribution in [1.82, 2.24) is 5.32 Å². The first-order valence-electron chi connectivity index (χ1n) is 7.59. The van der Waals surface area contributed by atoms with E-state index < -0.39 is 0 Å². The van der Waals surface area contributed by atoms with Crippen LogP contribution in [-0.4, -0.2) is 32.2 Å². The Kier molecular flexibility index (Phi) is 4.01. The van der Waals surface area contributed by atoms with Gasteiger partial charge in [0.1, 0.15) is 0 Å². The first kappa shape index (κ1) is 14.2. The lowest BCUT2D eigenvalue weighted by Gasteiger charge is -2.32. The summed E-state index contributed by atoms with van der Waals surface area (Å²) in [4.78, 5) is 12.5. The van der Waals surface area contributed by atoms with Gasteiger partial charge in [-0.25, -0.2) is 0 Å². The molecule has 1 aromatic rings. The molecule has 2 aliphatic rings. The zero-order valence-corrected chi connectivity index (χ0v) is 12.4. The predicted octanol–water partition coefficient (Wildman–Crippen LogP) is 2.18.